The van der Waals surface area contributed by atoms with Gasteiger partial charge in [-0.25, -0.2) is 14.6 Å². The Hall–Kier alpha value is -3.68. The molecule has 1 aliphatic heterocycles. The van der Waals surface area contributed by atoms with Crippen molar-refractivity contribution in [3.05, 3.63) is 65.4 Å². The molecule has 30 heavy (non-hydrogen) atoms. The zero-order valence-corrected chi connectivity index (χ0v) is 16.6. The average Bonchev–Trinajstić information content (AvgIpc) is 3.41. The van der Waals surface area contributed by atoms with E-state index in [4.69, 9.17) is 10.2 Å². The highest BCUT2D eigenvalue weighted by Gasteiger charge is 2.24. The van der Waals surface area contributed by atoms with Gasteiger partial charge in [0, 0.05) is 53.0 Å². The minimum absolute atomic E-state index is 0.245. The number of nitrogens with one attached hydrogen (secondary N) is 1. The zero-order valence-electron chi connectivity index (χ0n) is 16.6. The Kier molecular flexibility index (Phi) is 6.46. The maximum absolute atomic E-state index is 12.8. The molecule has 0 amide bonds. The fourth-order valence-electron chi connectivity index (χ4n) is 3.73. The summed E-state index contributed by atoms with van der Waals surface area (Å²) in [6.45, 7) is 3.03. The Bertz CT molecular complexity index is 1110. The third kappa shape index (κ3) is 4.65. The van der Waals surface area contributed by atoms with E-state index < -0.39 is 11.9 Å². The van der Waals surface area contributed by atoms with Gasteiger partial charge in [0.15, 0.2) is 5.78 Å². The first-order valence-electron chi connectivity index (χ1n) is 9.64. The van der Waals surface area contributed by atoms with Gasteiger partial charge >= 0.3 is 11.9 Å². The summed E-state index contributed by atoms with van der Waals surface area (Å²) in [7, 11) is 0. The fourth-order valence-corrected chi connectivity index (χ4v) is 3.73. The van der Waals surface area contributed by atoms with E-state index in [0.717, 1.165) is 41.7 Å². The predicted octanol–water partition coefficient (Wildman–Crippen LogP) is 3.15. The second kappa shape index (κ2) is 9.21. The van der Waals surface area contributed by atoms with Crippen LogP contribution in [0.2, 0.25) is 0 Å². The number of nitrogens with zero attached hydrogens (tertiary/aromatic N) is 2. The van der Waals surface area contributed by atoms with E-state index in [1.807, 2.05) is 13.0 Å². The Morgan fingerprint density at radius 3 is 2.50 bits per heavy atom. The Morgan fingerprint density at radius 2 is 1.87 bits per heavy atom. The number of aryl methyl sites for hydroxylation is 3. The van der Waals surface area contributed by atoms with Crippen molar-refractivity contribution in [1.82, 2.24) is 14.5 Å². The Morgan fingerprint density at radius 1 is 1.17 bits per heavy atom. The number of hydrogen-bond acceptors (Lipinski definition) is 4. The number of imidazole rings is 1. The summed E-state index contributed by atoms with van der Waals surface area (Å²) in [4.78, 5) is 39.3. The standard InChI is InChI=1S/C18H19N3O.C4H4O4/c1-12-14(20-11-19-12)8-9-17(22)18-13-5-2-3-6-15(13)21-10-4-7-16(18)21;5-3(6)1-2-4(7)8/h2-3,5-6,11H,4,7-10H2,1H3,(H,19,20);1-2H,(H,5,6)(H,7,8). The van der Waals surface area contributed by atoms with E-state index in [1.165, 1.54) is 11.2 Å². The molecule has 0 spiro atoms. The van der Waals surface area contributed by atoms with Crippen LogP contribution in [0.25, 0.3) is 10.9 Å². The minimum atomic E-state index is -1.26. The lowest BCUT2D eigenvalue weighted by Gasteiger charge is -2.02. The molecule has 0 unspecified atom stereocenters. The molecule has 0 aliphatic carbocycles. The number of hydrogen-bond donors (Lipinski definition) is 3. The van der Waals surface area contributed by atoms with E-state index in [0.29, 0.717) is 25.0 Å². The van der Waals surface area contributed by atoms with Gasteiger partial charge in [-0.2, -0.15) is 0 Å². The van der Waals surface area contributed by atoms with Gasteiger partial charge in [0.05, 0.1) is 12.0 Å². The smallest absolute Gasteiger partial charge is 0.328 e. The molecule has 2 aromatic heterocycles. The SMILES string of the molecule is Cc1[nH]cnc1CCC(=O)c1c2n(c3ccccc13)CCC2.O=C(O)C=CC(=O)O. The van der Waals surface area contributed by atoms with Crippen molar-refractivity contribution < 1.29 is 24.6 Å². The number of carboxylic acid groups (broad SMARTS) is 2. The third-order valence-electron chi connectivity index (χ3n) is 5.04. The lowest BCUT2D eigenvalue weighted by atomic mass is 10.0. The number of aromatic nitrogens is 3. The quantitative estimate of drug-likeness (QED) is 0.424. The maximum atomic E-state index is 12.8. The molecule has 156 valence electrons. The second-order valence-electron chi connectivity index (χ2n) is 7.00. The van der Waals surface area contributed by atoms with Crippen LogP contribution in [-0.4, -0.2) is 42.5 Å². The largest absolute Gasteiger partial charge is 0.478 e. The van der Waals surface area contributed by atoms with Crippen molar-refractivity contribution in [2.45, 2.75) is 39.2 Å². The summed E-state index contributed by atoms with van der Waals surface area (Å²) in [6.07, 6.45) is 6.18. The van der Waals surface area contributed by atoms with Gasteiger partial charge in [-0.05, 0) is 32.3 Å². The minimum Gasteiger partial charge on any atom is -0.478 e. The molecule has 8 nitrogen and oxygen atoms in total. The lowest BCUT2D eigenvalue weighted by molar-refractivity contribution is -0.134. The summed E-state index contributed by atoms with van der Waals surface area (Å²) < 4.78 is 2.32. The number of carboxylic acids is 2. The molecule has 0 bridgehead atoms. The Labute approximate surface area is 172 Å². The van der Waals surface area contributed by atoms with Crippen molar-refractivity contribution in [3.63, 3.8) is 0 Å². The average molecular weight is 409 g/mol. The molecule has 0 saturated heterocycles. The number of H-pyrrole nitrogens is 1. The summed E-state index contributed by atoms with van der Waals surface area (Å²) in [5, 5.41) is 16.7. The maximum Gasteiger partial charge on any atom is 0.328 e. The molecule has 0 atom stereocenters. The second-order valence-corrected chi connectivity index (χ2v) is 7.00. The third-order valence-corrected chi connectivity index (χ3v) is 5.04. The molecule has 1 aliphatic rings. The fraction of sp³-hybridized carbons (Fsp3) is 0.273. The highest BCUT2D eigenvalue weighted by molar-refractivity contribution is 6.09. The highest BCUT2D eigenvalue weighted by Crippen LogP contribution is 2.32. The first-order valence-corrected chi connectivity index (χ1v) is 9.64. The predicted molar refractivity (Wildman–Crippen MR) is 111 cm³/mol. The van der Waals surface area contributed by atoms with Crippen molar-refractivity contribution >= 4 is 28.6 Å². The highest BCUT2D eigenvalue weighted by atomic mass is 16.4. The van der Waals surface area contributed by atoms with Gasteiger partial charge < -0.3 is 19.8 Å². The normalized spacial score (nSPS) is 12.6. The zero-order chi connectivity index (χ0) is 21.7. The Balaban J connectivity index is 0.000000275. The number of aromatic amines is 1. The molecule has 1 aromatic carbocycles. The monoisotopic (exact) mass is 409 g/mol. The van der Waals surface area contributed by atoms with E-state index >= 15 is 0 Å². The van der Waals surface area contributed by atoms with Gasteiger partial charge in [-0.1, -0.05) is 18.2 Å². The molecule has 0 radical (unpaired) electrons. The molecule has 3 heterocycles. The van der Waals surface area contributed by atoms with Crippen molar-refractivity contribution in [3.8, 4) is 0 Å². The van der Waals surface area contributed by atoms with Gasteiger partial charge in [0.2, 0.25) is 0 Å². The van der Waals surface area contributed by atoms with Crippen LogP contribution >= 0.6 is 0 Å². The van der Waals surface area contributed by atoms with Crippen molar-refractivity contribution in [2.75, 3.05) is 0 Å². The number of aliphatic carboxylic acids is 2. The van der Waals surface area contributed by atoms with E-state index in [-0.39, 0.29) is 5.78 Å². The summed E-state index contributed by atoms with van der Waals surface area (Å²) in [6, 6.07) is 8.27. The van der Waals surface area contributed by atoms with Crippen LogP contribution in [0, 0.1) is 6.92 Å². The topological polar surface area (TPSA) is 125 Å². The number of ketones is 1. The van der Waals surface area contributed by atoms with Gasteiger partial charge in [0.1, 0.15) is 0 Å². The first kappa shape index (κ1) is 21.0. The molecule has 3 N–H and O–H groups in total. The number of para-hydroxylation sites is 1. The van der Waals surface area contributed by atoms with Gasteiger partial charge in [-0.3, -0.25) is 4.79 Å². The first-order chi connectivity index (χ1) is 14.4. The van der Waals surface area contributed by atoms with Crippen LogP contribution in [-0.2, 0) is 29.0 Å². The lowest BCUT2D eigenvalue weighted by Crippen LogP contribution is -2.05. The number of carbonyl (C=O) groups is 3. The summed E-state index contributed by atoms with van der Waals surface area (Å²) in [5.74, 6) is -2.27. The van der Waals surface area contributed by atoms with Crippen LogP contribution in [0.5, 0.6) is 0 Å². The molecule has 0 saturated carbocycles. The molecule has 4 rings (SSSR count). The van der Waals surface area contributed by atoms with Crippen LogP contribution in [0.15, 0.2) is 42.7 Å². The number of Topliss-reactive ketones (excluding diaryl/α,β-unsaturated/α-hetero) is 1. The number of rotatable bonds is 6. The van der Waals surface area contributed by atoms with Gasteiger partial charge in [-0.15, -0.1) is 0 Å². The van der Waals surface area contributed by atoms with Crippen molar-refractivity contribution in [1.29, 1.82) is 0 Å². The molecule has 0 fully saturated rings. The van der Waals surface area contributed by atoms with Crippen molar-refractivity contribution in [2.24, 2.45) is 0 Å². The number of fused-ring (bicyclic) bond motifs is 3. The van der Waals surface area contributed by atoms with Crippen LogP contribution < -0.4 is 0 Å². The van der Waals surface area contributed by atoms with Crippen LogP contribution in [0.1, 0.15) is 40.3 Å². The number of carbonyl (C=O) groups excluding carboxylic acids is 1. The van der Waals surface area contributed by atoms with E-state index in [9.17, 15) is 14.4 Å². The summed E-state index contributed by atoms with van der Waals surface area (Å²) in [5.41, 5.74) is 5.42. The number of benzene rings is 1. The summed E-state index contributed by atoms with van der Waals surface area (Å²) >= 11 is 0. The molecule has 8 heteroatoms. The van der Waals surface area contributed by atoms with Crippen LogP contribution in [0.3, 0.4) is 0 Å². The molecular weight excluding hydrogens is 386 g/mol. The molecular formula is C22H23N3O5. The molecule has 3 aromatic rings. The van der Waals surface area contributed by atoms with E-state index in [2.05, 4.69) is 32.7 Å². The van der Waals surface area contributed by atoms with Gasteiger partial charge in [0.25, 0.3) is 0 Å². The van der Waals surface area contributed by atoms with E-state index in [1.54, 1.807) is 6.33 Å². The van der Waals surface area contributed by atoms with Crippen LogP contribution in [0.4, 0.5) is 0 Å².